The quantitative estimate of drug-likeness (QED) is 0.284. The van der Waals surface area contributed by atoms with Crippen molar-refractivity contribution in [2.75, 3.05) is 13.1 Å². The molecule has 1 aliphatic rings. The number of nitrogens with one attached hydrogen (secondary N) is 2. The zero-order valence-corrected chi connectivity index (χ0v) is 21.6. The number of piperidine rings is 1. The number of carbonyl (C=O) groups excluding carboxylic acids is 1. The average molecular weight is 500 g/mol. The standard InChI is InChI=1S/C31H34ClN3O/c1-2-23-9-6-10-27-29(20-33-31(23)27)28(24-11-13-25(32)14-12-24)19-30(36)34-26-15-17-35(18-16-26)21-22-7-4-3-5-8-22/h3-14,20,26,28,33H,2,15-19,21H2,1H3,(H,34,36). The van der Waals surface area contributed by atoms with Crippen molar-refractivity contribution in [2.24, 2.45) is 0 Å². The van der Waals surface area contributed by atoms with Gasteiger partial charge in [-0.2, -0.15) is 0 Å². The molecular formula is C31H34ClN3O. The smallest absolute Gasteiger partial charge is 0.221 e. The molecule has 1 aliphatic heterocycles. The number of H-pyrrole nitrogens is 1. The van der Waals surface area contributed by atoms with Crippen molar-refractivity contribution in [3.63, 3.8) is 0 Å². The Kier molecular flexibility index (Phi) is 7.74. The van der Waals surface area contributed by atoms with Crippen molar-refractivity contribution in [3.8, 4) is 0 Å². The summed E-state index contributed by atoms with van der Waals surface area (Å²) in [4.78, 5) is 19.3. The largest absolute Gasteiger partial charge is 0.361 e. The third kappa shape index (κ3) is 5.66. The molecule has 4 nitrogen and oxygen atoms in total. The molecule has 4 aromatic rings. The Morgan fingerprint density at radius 2 is 1.78 bits per heavy atom. The summed E-state index contributed by atoms with van der Waals surface area (Å²) in [5.74, 6) is 0.0683. The molecule has 1 aromatic heterocycles. The van der Waals surface area contributed by atoms with E-state index in [1.807, 2.05) is 24.3 Å². The van der Waals surface area contributed by atoms with Crippen molar-refractivity contribution in [2.45, 2.75) is 51.1 Å². The first-order valence-corrected chi connectivity index (χ1v) is 13.4. The number of rotatable bonds is 8. The van der Waals surface area contributed by atoms with E-state index in [0.717, 1.165) is 50.0 Å². The Hall–Kier alpha value is -3.08. The number of hydrogen-bond donors (Lipinski definition) is 2. The number of aryl methyl sites for hydroxylation is 1. The summed E-state index contributed by atoms with van der Waals surface area (Å²) in [6.07, 6.45) is 5.42. The number of likely N-dealkylation sites (tertiary alicyclic amines) is 1. The molecule has 0 saturated carbocycles. The molecule has 36 heavy (non-hydrogen) atoms. The Morgan fingerprint density at radius 1 is 1.03 bits per heavy atom. The van der Waals surface area contributed by atoms with E-state index in [9.17, 15) is 4.79 Å². The van der Waals surface area contributed by atoms with Crippen LogP contribution < -0.4 is 5.32 Å². The van der Waals surface area contributed by atoms with Crippen LogP contribution in [0.25, 0.3) is 10.9 Å². The maximum atomic E-state index is 13.3. The minimum absolute atomic E-state index is 0.0405. The van der Waals surface area contributed by atoms with Crippen LogP contribution in [-0.2, 0) is 17.8 Å². The predicted octanol–water partition coefficient (Wildman–Crippen LogP) is 6.69. The first-order chi connectivity index (χ1) is 17.6. The summed E-state index contributed by atoms with van der Waals surface area (Å²) in [7, 11) is 0. The molecule has 0 bridgehead atoms. The second-order valence-electron chi connectivity index (χ2n) is 9.85. The summed E-state index contributed by atoms with van der Waals surface area (Å²) in [6.45, 7) is 5.15. The van der Waals surface area contributed by atoms with Gasteiger partial charge in [-0.3, -0.25) is 9.69 Å². The van der Waals surface area contributed by atoms with Gasteiger partial charge in [0.05, 0.1) is 0 Å². The predicted molar refractivity (Wildman–Crippen MR) is 148 cm³/mol. The van der Waals surface area contributed by atoms with Gasteiger partial charge < -0.3 is 10.3 Å². The second kappa shape index (κ2) is 11.3. The summed E-state index contributed by atoms with van der Waals surface area (Å²) in [6, 6.07) is 25.2. The molecule has 5 heteroatoms. The van der Waals surface area contributed by atoms with Gasteiger partial charge in [0.2, 0.25) is 5.91 Å². The van der Waals surface area contributed by atoms with E-state index in [1.165, 1.54) is 22.0 Å². The second-order valence-corrected chi connectivity index (χ2v) is 10.3. The van der Waals surface area contributed by atoms with Crippen LogP contribution >= 0.6 is 11.6 Å². The van der Waals surface area contributed by atoms with Crippen LogP contribution in [0.2, 0.25) is 5.02 Å². The first kappa shape index (κ1) is 24.6. The molecule has 1 atom stereocenters. The maximum absolute atomic E-state index is 13.3. The van der Waals surface area contributed by atoms with Crippen LogP contribution in [0.3, 0.4) is 0 Å². The highest BCUT2D eigenvalue weighted by Crippen LogP contribution is 2.35. The van der Waals surface area contributed by atoms with Crippen molar-refractivity contribution in [3.05, 3.63) is 106 Å². The van der Waals surface area contributed by atoms with Gasteiger partial charge in [-0.25, -0.2) is 0 Å². The summed E-state index contributed by atoms with van der Waals surface area (Å²) in [5.41, 5.74) is 6.07. The van der Waals surface area contributed by atoms with E-state index in [2.05, 4.69) is 76.9 Å². The third-order valence-electron chi connectivity index (χ3n) is 7.45. The number of aromatic amines is 1. The van der Waals surface area contributed by atoms with Crippen LogP contribution in [0.4, 0.5) is 0 Å². The Labute approximate surface area is 218 Å². The fraction of sp³-hybridized carbons (Fsp3) is 0.323. The molecule has 1 saturated heterocycles. The highest BCUT2D eigenvalue weighted by Gasteiger charge is 2.25. The van der Waals surface area contributed by atoms with E-state index in [0.29, 0.717) is 11.4 Å². The monoisotopic (exact) mass is 499 g/mol. The van der Waals surface area contributed by atoms with Gasteiger partial charge in [0.25, 0.3) is 0 Å². The average Bonchev–Trinajstić information content (AvgIpc) is 3.34. The molecule has 1 amide bonds. The topological polar surface area (TPSA) is 48.1 Å². The summed E-state index contributed by atoms with van der Waals surface area (Å²) < 4.78 is 0. The molecule has 0 spiro atoms. The number of nitrogens with zero attached hydrogens (tertiary/aromatic N) is 1. The van der Waals surface area contributed by atoms with Gasteiger partial charge in [0.15, 0.2) is 0 Å². The van der Waals surface area contributed by atoms with E-state index in [4.69, 9.17) is 11.6 Å². The van der Waals surface area contributed by atoms with Gasteiger partial charge in [-0.05, 0) is 53.6 Å². The lowest BCUT2D eigenvalue weighted by molar-refractivity contribution is -0.122. The summed E-state index contributed by atoms with van der Waals surface area (Å²) in [5, 5.41) is 5.24. The molecule has 0 radical (unpaired) electrons. The highest BCUT2D eigenvalue weighted by atomic mass is 35.5. The van der Waals surface area contributed by atoms with E-state index >= 15 is 0 Å². The number of amides is 1. The van der Waals surface area contributed by atoms with Gasteiger partial charge in [-0.15, -0.1) is 0 Å². The molecule has 2 N–H and O–H groups in total. The van der Waals surface area contributed by atoms with Crippen LogP contribution in [0.1, 0.15) is 54.4 Å². The third-order valence-corrected chi connectivity index (χ3v) is 7.71. The molecule has 3 aromatic carbocycles. The van der Waals surface area contributed by atoms with Crippen LogP contribution in [-0.4, -0.2) is 34.9 Å². The minimum Gasteiger partial charge on any atom is -0.361 e. The lowest BCUT2D eigenvalue weighted by Gasteiger charge is -2.32. The van der Waals surface area contributed by atoms with Crippen LogP contribution in [0.15, 0.2) is 79.0 Å². The number of aromatic nitrogens is 1. The molecular weight excluding hydrogens is 466 g/mol. The van der Waals surface area contributed by atoms with E-state index < -0.39 is 0 Å². The summed E-state index contributed by atoms with van der Waals surface area (Å²) >= 11 is 6.18. The number of halogens is 1. The van der Waals surface area contributed by atoms with E-state index in [1.54, 1.807) is 0 Å². The number of carbonyl (C=O) groups is 1. The Bertz CT molecular complexity index is 1290. The normalized spacial score (nSPS) is 15.7. The molecule has 1 fully saturated rings. The lowest BCUT2D eigenvalue weighted by atomic mass is 9.87. The van der Waals surface area contributed by atoms with Gasteiger partial charge >= 0.3 is 0 Å². The van der Waals surface area contributed by atoms with Crippen molar-refractivity contribution in [1.82, 2.24) is 15.2 Å². The molecule has 186 valence electrons. The minimum atomic E-state index is -0.0405. The van der Waals surface area contributed by atoms with Crippen LogP contribution in [0.5, 0.6) is 0 Å². The molecule has 0 aliphatic carbocycles. The fourth-order valence-corrected chi connectivity index (χ4v) is 5.60. The number of hydrogen-bond acceptors (Lipinski definition) is 2. The zero-order valence-electron chi connectivity index (χ0n) is 20.8. The van der Waals surface area contributed by atoms with Gasteiger partial charge in [0, 0.05) is 60.1 Å². The Balaban J connectivity index is 1.28. The van der Waals surface area contributed by atoms with E-state index in [-0.39, 0.29) is 17.9 Å². The fourth-order valence-electron chi connectivity index (χ4n) is 5.47. The van der Waals surface area contributed by atoms with Crippen LogP contribution in [0, 0.1) is 0 Å². The number of para-hydroxylation sites is 1. The Morgan fingerprint density at radius 3 is 2.50 bits per heavy atom. The molecule has 2 heterocycles. The van der Waals surface area contributed by atoms with Gasteiger partial charge in [-0.1, -0.05) is 79.2 Å². The maximum Gasteiger partial charge on any atom is 0.221 e. The molecule has 5 rings (SSSR count). The van der Waals surface area contributed by atoms with Crippen molar-refractivity contribution in [1.29, 1.82) is 0 Å². The first-order valence-electron chi connectivity index (χ1n) is 13.0. The molecule has 1 unspecified atom stereocenters. The SMILES string of the molecule is CCc1cccc2c(C(CC(=O)NC3CCN(Cc4ccccc4)CC3)c3ccc(Cl)cc3)c[nH]c12. The van der Waals surface area contributed by atoms with Crippen molar-refractivity contribution >= 4 is 28.4 Å². The lowest BCUT2D eigenvalue weighted by Crippen LogP contribution is -2.44. The number of benzene rings is 3. The zero-order chi connectivity index (χ0) is 24.9. The number of fused-ring (bicyclic) bond motifs is 1. The van der Waals surface area contributed by atoms with Crippen molar-refractivity contribution < 1.29 is 4.79 Å². The highest BCUT2D eigenvalue weighted by molar-refractivity contribution is 6.30. The van der Waals surface area contributed by atoms with Gasteiger partial charge in [0.1, 0.15) is 0 Å².